The van der Waals surface area contributed by atoms with Crippen molar-refractivity contribution in [3.05, 3.63) is 0 Å². The third-order valence-electron chi connectivity index (χ3n) is 1.91. The number of nitrogens with two attached hydrogens (primary N) is 1. The summed E-state index contributed by atoms with van der Waals surface area (Å²) in [6.45, 7) is 4.77. The molecule has 0 aliphatic rings. The summed E-state index contributed by atoms with van der Waals surface area (Å²) in [5.74, 6) is 0.884. The van der Waals surface area contributed by atoms with E-state index in [2.05, 4.69) is 19.2 Å². The maximum atomic E-state index is 11.7. The first-order chi connectivity index (χ1) is 6.61. The molecular weight excluding hydrogens is 196 g/mol. The van der Waals surface area contributed by atoms with Crippen LogP contribution in [0.3, 0.4) is 0 Å². The van der Waals surface area contributed by atoms with E-state index in [1.54, 1.807) is 11.8 Å². The van der Waals surface area contributed by atoms with E-state index in [1.807, 2.05) is 6.26 Å². The van der Waals surface area contributed by atoms with Gasteiger partial charge in [0.15, 0.2) is 5.78 Å². The van der Waals surface area contributed by atoms with Gasteiger partial charge in [0.05, 0.1) is 11.8 Å². The van der Waals surface area contributed by atoms with Gasteiger partial charge in [-0.25, -0.2) is 0 Å². The van der Waals surface area contributed by atoms with Crippen molar-refractivity contribution in [1.29, 1.82) is 0 Å². The Morgan fingerprint density at radius 3 is 2.57 bits per heavy atom. The van der Waals surface area contributed by atoms with Crippen molar-refractivity contribution >= 4 is 17.5 Å². The largest absolute Gasteiger partial charge is 0.330 e. The fourth-order valence-electron chi connectivity index (χ4n) is 1.30. The van der Waals surface area contributed by atoms with Gasteiger partial charge in [0, 0.05) is 6.04 Å². The third-order valence-corrected chi connectivity index (χ3v) is 2.48. The normalized spacial score (nSPS) is 13.2. The molecule has 0 saturated heterocycles. The molecule has 0 spiro atoms. The highest BCUT2D eigenvalue weighted by Crippen LogP contribution is 2.03. The van der Waals surface area contributed by atoms with Crippen LogP contribution in [-0.4, -0.2) is 36.4 Å². The molecule has 0 amide bonds. The number of carbonyl (C=O) groups excluding carboxylic acids is 1. The van der Waals surface area contributed by atoms with Crippen molar-refractivity contribution in [3.63, 3.8) is 0 Å². The third kappa shape index (κ3) is 6.40. The molecule has 0 aromatic rings. The highest BCUT2D eigenvalue weighted by atomic mass is 32.2. The molecule has 0 radical (unpaired) electrons. The van der Waals surface area contributed by atoms with E-state index in [0.717, 1.165) is 12.8 Å². The smallest absolute Gasteiger partial charge is 0.159 e. The van der Waals surface area contributed by atoms with E-state index in [9.17, 15) is 4.79 Å². The molecule has 0 rings (SSSR count). The van der Waals surface area contributed by atoms with Crippen LogP contribution in [0.5, 0.6) is 0 Å². The minimum absolute atomic E-state index is 0.00833. The van der Waals surface area contributed by atoms with Crippen LogP contribution >= 0.6 is 11.8 Å². The van der Waals surface area contributed by atoms with Crippen LogP contribution in [0.25, 0.3) is 0 Å². The van der Waals surface area contributed by atoms with Gasteiger partial charge in [-0.15, -0.1) is 0 Å². The summed E-state index contributed by atoms with van der Waals surface area (Å²) in [5, 5.41) is 3.28. The zero-order valence-corrected chi connectivity index (χ0v) is 10.2. The maximum Gasteiger partial charge on any atom is 0.159 e. The van der Waals surface area contributed by atoms with Crippen molar-refractivity contribution < 1.29 is 4.79 Å². The first-order valence-corrected chi connectivity index (χ1v) is 6.49. The molecule has 14 heavy (non-hydrogen) atoms. The number of rotatable bonds is 8. The molecular formula is C10H22N2OS. The van der Waals surface area contributed by atoms with Gasteiger partial charge in [0.1, 0.15) is 0 Å². The average Bonchev–Trinajstić information content (AvgIpc) is 2.12. The molecule has 3 nitrogen and oxygen atoms in total. The lowest BCUT2D eigenvalue weighted by atomic mass is 10.1. The molecule has 0 heterocycles. The first-order valence-electron chi connectivity index (χ1n) is 5.09. The second-order valence-corrected chi connectivity index (χ2v) is 4.57. The lowest BCUT2D eigenvalue weighted by molar-refractivity contribution is -0.118. The molecule has 0 fully saturated rings. The van der Waals surface area contributed by atoms with E-state index in [4.69, 9.17) is 5.73 Å². The number of hydrogen-bond acceptors (Lipinski definition) is 4. The Bertz CT molecular complexity index is 162. The summed E-state index contributed by atoms with van der Waals surface area (Å²) in [6.07, 6.45) is 3.71. The Kier molecular flexibility index (Phi) is 8.23. The summed E-state index contributed by atoms with van der Waals surface area (Å²) >= 11 is 1.58. The van der Waals surface area contributed by atoms with Crippen molar-refractivity contribution in [3.8, 4) is 0 Å². The molecule has 1 atom stereocenters. The number of nitrogens with one attached hydrogen (secondary N) is 1. The Morgan fingerprint density at radius 2 is 2.14 bits per heavy atom. The Morgan fingerprint density at radius 1 is 1.50 bits per heavy atom. The lowest BCUT2D eigenvalue weighted by Gasteiger charge is -2.19. The van der Waals surface area contributed by atoms with Crippen LogP contribution in [0.2, 0.25) is 0 Å². The van der Waals surface area contributed by atoms with E-state index >= 15 is 0 Å². The number of thioether (sulfide) groups is 1. The molecule has 0 aliphatic heterocycles. The summed E-state index contributed by atoms with van der Waals surface area (Å²) in [5.41, 5.74) is 5.44. The van der Waals surface area contributed by atoms with Gasteiger partial charge >= 0.3 is 0 Å². The standard InChI is InChI=1S/C10H22N2OS/c1-8(2)12-9(5-4-6-11)10(13)7-14-3/h8-9,12H,4-7,11H2,1-3H3/t9-/m1/s1. The van der Waals surface area contributed by atoms with Gasteiger partial charge in [-0.2, -0.15) is 11.8 Å². The molecule has 0 unspecified atom stereocenters. The summed E-state index contributed by atoms with van der Waals surface area (Å²) in [7, 11) is 0. The summed E-state index contributed by atoms with van der Waals surface area (Å²) in [4.78, 5) is 11.7. The average molecular weight is 218 g/mol. The molecule has 0 bridgehead atoms. The predicted octanol–water partition coefficient (Wildman–Crippen LogP) is 1.02. The Balaban J connectivity index is 4.01. The van der Waals surface area contributed by atoms with Gasteiger partial charge in [-0.1, -0.05) is 13.8 Å². The second kappa shape index (κ2) is 8.26. The van der Waals surface area contributed by atoms with Gasteiger partial charge in [0.2, 0.25) is 0 Å². The molecule has 4 heteroatoms. The van der Waals surface area contributed by atoms with Crippen LogP contribution in [0.1, 0.15) is 26.7 Å². The zero-order valence-electron chi connectivity index (χ0n) is 9.38. The van der Waals surface area contributed by atoms with E-state index in [1.165, 1.54) is 0 Å². The highest BCUT2D eigenvalue weighted by Gasteiger charge is 2.17. The molecule has 3 N–H and O–H groups in total. The first kappa shape index (κ1) is 13.9. The number of carbonyl (C=O) groups is 1. The van der Waals surface area contributed by atoms with Crippen LogP contribution in [0.4, 0.5) is 0 Å². The van der Waals surface area contributed by atoms with E-state index < -0.39 is 0 Å². The molecule has 0 saturated carbocycles. The fourth-order valence-corrected chi connectivity index (χ4v) is 1.79. The quantitative estimate of drug-likeness (QED) is 0.639. The second-order valence-electron chi connectivity index (χ2n) is 3.70. The highest BCUT2D eigenvalue weighted by molar-refractivity contribution is 7.99. The fraction of sp³-hybridized carbons (Fsp3) is 0.900. The van der Waals surface area contributed by atoms with E-state index in [0.29, 0.717) is 24.1 Å². The number of ketones is 1. The van der Waals surface area contributed by atoms with Crippen LogP contribution in [0.15, 0.2) is 0 Å². The van der Waals surface area contributed by atoms with Crippen LogP contribution in [-0.2, 0) is 4.79 Å². The van der Waals surface area contributed by atoms with Crippen LogP contribution in [0, 0.1) is 0 Å². The van der Waals surface area contributed by atoms with Crippen molar-refractivity contribution in [2.75, 3.05) is 18.6 Å². The van der Waals surface area contributed by atoms with Crippen LogP contribution < -0.4 is 11.1 Å². The topological polar surface area (TPSA) is 55.1 Å². The minimum atomic E-state index is -0.00833. The van der Waals surface area contributed by atoms with Crippen molar-refractivity contribution in [2.24, 2.45) is 5.73 Å². The maximum absolute atomic E-state index is 11.7. The van der Waals surface area contributed by atoms with Crippen molar-refractivity contribution in [1.82, 2.24) is 5.32 Å². The van der Waals surface area contributed by atoms with Gasteiger partial charge in [0.25, 0.3) is 0 Å². The number of hydrogen-bond donors (Lipinski definition) is 2. The Hall–Kier alpha value is -0.0600. The number of Topliss-reactive ketones (excluding diaryl/α,β-unsaturated/α-hetero) is 1. The Labute approximate surface area is 91.2 Å². The predicted molar refractivity (Wildman–Crippen MR) is 63.7 cm³/mol. The SMILES string of the molecule is CSCC(=O)[C@@H](CCCN)NC(C)C. The molecule has 0 aliphatic carbocycles. The lowest BCUT2D eigenvalue weighted by Crippen LogP contribution is -2.42. The molecule has 0 aromatic carbocycles. The summed E-state index contributed by atoms with van der Waals surface area (Å²) < 4.78 is 0. The summed E-state index contributed by atoms with van der Waals surface area (Å²) in [6, 6.07) is 0.342. The van der Waals surface area contributed by atoms with Gasteiger partial charge in [-0.05, 0) is 25.6 Å². The van der Waals surface area contributed by atoms with Gasteiger partial charge in [-0.3, -0.25) is 4.79 Å². The van der Waals surface area contributed by atoms with E-state index in [-0.39, 0.29) is 6.04 Å². The molecule has 0 aromatic heterocycles. The monoisotopic (exact) mass is 218 g/mol. The zero-order chi connectivity index (χ0) is 11.0. The minimum Gasteiger partial charge on any atom is -0.330 e. The van der Waals surface area contributed by atoms with Crippen molar-refractivity contribution in [2.45, 2.75) is 38.8 Å². The molecule has 84 valence electrons. The van der Waals surface area contributed by atoms with Gasteiger partial charge < -0.3 is 11.1 Å².